The molecular formula is C3H5Cl3O2Si. The Balaban J connectivity index is 3.72. The van der Waals surface area contributed by atoms with Crippen molar-refractivity contribution in [3.8, 4) is 0 Å². The molecule has 0 radical (unpaired) electrons. The van der Waals surface area contributed by atoms with Crippen LogP contribution in [0.15, 0.2) is 0 Å². The van der Waals surface area contributed by atoms with Crippen LogP contribution in [0, 0.1) is 0 Å². The lowest BCUT2D eigenvalue weighted by molar-refractivity contribution is -0.129. The zero-order valence-electron chi connectivity index (χ0n) is 4.61. The van der Waals surface area contributed by atoms with E-state index in [1.165, 1.54) is 0 Å². The standard InChI is InChI=1S/C3H5Cl3O2Si/c1-3(8-2-7)9(4,5)6/h2-3H,1H3. The largest absolute Gasteiger partial charge is 0.464 e. The van der Waals surface area contributed by atoms with Crippen LogP contribution in [0.4, 0.5) is 0 Å². The molecule has 0 aliphatic rings. The Morgan fingerprint density at radius 3 is 2.11 bits per heavy atom. The van der Waals surface area contributed by atoms with Crippen LogP contribution in [0.2, 0.25) is 0 Å². The molecule has 0 spiro atoms. The molecule has 0 fully saturated rings. The van der Waals surface area contributed by atoms with E-state index < -0.39 is 11.7 Å². The van der Waals surface area contributed by atoms with Gasteiger partial charge >= 0.3 is 6.00 Å². The molecule has 0 aromatic carbocycles. The third-order valence-corrected chi connectivity index (χ3v) is 4.54. The first-order valence-electron chi connectivity index (χ1n) is 2.14. The number of carbonyl (C=O) groups excluding carboxylic acids is 1. The average Bonchev–Trinajstić information content (AvgIpc) is 1.64. The summed E-state index contributed by atoms with van der Waals surface area (Å²) < 4.78 is 4.39. The van der Waals surface area contributed by atoms with Gasteiger partial charge in [-0.05, 0) is 6.92 Å². The van der Waals surface area contributed by atoms with E-state index in [1.54, 1.807) is 6.92 Å². The zero-order valence-corrected chi connectivity index (χ0v) is 7.87. The van der Waals surface area contributed by atoms with E-state index in [2.05, 4.69) is 4.74 Å². The average molecular weight is 208 g/mol. The SMILES string of the molecule is CC(OC=O)[Si](Cl)(Cl)Cl. The molecule has 0 saturated heterocycles. The molecule has 0 N–H and O–H groups in total. The third-order valence-electron chi connectivity index (χ3n) is 0.721. The van der Waals surface area contributed by atoms with E-state index in [1.807, 2.05) is 0 Å². The topological polar surface area (TPSA) is 26.3 Å². The van der Waals surface area contributed by atoms with Crippen molar-refractivity contribution < 1.29 is 9.53 Å². The predicted molar refractivity (Wildman–Crippen MR) is 39.9 cm³/mol. The number of hydrogen-bond acceptors (Lipinski definition) is 2. The van der Waals surface area contributed by atoms with E-state index in [0.29, 0.717) is 0 Å². The maximum Gasteiger partial charge on any atom is 0.380 e. The van der Waals surface area contributed by atoms with Crippen LogP contribution in [0.25, 0.3) is 0 Å². The third kappa shape index (κ3) is 4.03. The van der Waals surface area contributed by atoms with Crippen molar-refractivity contribution in [2.45, 2.75) is 12.7 Å². The van der Waals surface area contributed by atoms with Crippen LogP contribution in [0.5, 0.6) is 0 Å². The minimum absolute atomic E-state index is 0.277. The van der Waals surface area contributed by atoms with Gasteiger partial charge in [0, 0.05) is 0 Å². The van der Waals surface area contributed by atoms with Gasteiger partial charge in [0.15, 0.2) is 0 Å². The molecule has 1 atom stereocenters. The molecule has 1 unspecified atom stereocenters. The fourth-order valence-corrected chi connectivity index (χ4v) is 0.833. The van der Waals surface area contributed by atoms with E-state index in [-0.39, 0.29) is 6.47 Å². The summed E-state index contributed by atoms with van der Waals surface area (Å²) in [6, 6.07) is -2.82. The van der Waals surface area contributed by atoms with Crippen LogP contribution >= 0.6 is 33.2 Å². The van der Waals surface area contributed by atoms with E-state index in [9.17, 15) is 4.79 Å². The second-order valence-corrected chi connectivity index (χ2v) is 10.4. The molecule has 0 aliphatic heterocycles. The quantitative estimate of drug-likeness (QED) is 0.400. The molecule has 0 bridgehead atoms. The van der Waals surface area contributed by atoms with Gasteiger partial charge in [-0.15, -0.1) is 33.2 Å². The molecule has 0 heterocycles. The van der Waals surface area contributed by atoms with Gasteiger partial charge in [0.1, 0.15) is 5.73 Å². The van der Waals surface area contributed by atoms with Crippen LogP contribution < -0.4 is 0 Å². The van der Waals surface area contributed by atoms with Crippen molar-refractivity contribution in [3.63, 3.8) is 0 Å². The smallest absolute Gasteiger partial charge is 0.380 e. The molecular weight excluding hydrogens is 202 g/mol. The van der Waals surface area contributed by atoms with Gasteiger partial charge < -0.3 is 4.74 Å². The van der Waals surface area contributed by atoms with E-state index in [0.717, 1.165) is 0 Å². The van der Waals surface area contributed by atoms with Crippen molar-refractivity contribution in [2.24, 2.45) is 0 Å². The monoisotopic (exact) mass is 206 g/mol. The van der Waals surface area contributed by atoms with Crippen molar-refractivity contribution in [1.82, 2.24) is 0 Å². The van der Waals surface area contributed by atoms with Crippen LogP contribution in [-0.2, 0) is 9.53 Å². The van der Waals surface area contributed by atoms with Crippen LogP contribution in [-0.4, -0.2) is 18.2 Å². The van der Waals surface area contributed by atoms with Crippen molar-refractivity contribution in [3.05, 3.63) is 0 Å². The van der Waals surface area contributed by atoms with Gasteiger partial charge in [-0.1, -0.05) is 0 Å². The molecule has 0 aromatic rings. The van der Waals surface area contributed by atoms with Gasteiger partial charge in [0.25, 0.3) is 6.47 Å². The number of halogens is 3. The molecule has 54 valence electrons. The lowest BCUT2D eigenvalue weighted by Crippen LogP contribution is -2.30. The highest BCUT2D eigenvalue weighted by Gasteiger charge is 2.34. The summed E-state index contributed by atoms with van der Waals surface area (Å²) in [6.45, 7) is 1.83. The first-order valence-corrected chi connectivity index (χ1v) is 7.25. The maximum atomic E-state index is 9.69. The van der Waals surface area contributed by atoms with E-state index in [4.69, 9.17) is 33.2 Å². The maximum absolute atomic E-state index is 9.69. The molecule has 9 heavy (non-hydrogen) atoms. The van der Waals surface area contributed by atoms with Crippen LogP contribution in [0.3, 0.4) is 0 Å². The minimum Gasteiger partial charge on any atom is -0.464 e. The fourth-order valence-electron chi connectivity index (χ4n) is 0.160. The van der Waals surface area contributed by atoms with Gasteiger partial charge in [0.2, 0.25) is 0 Å². The molecule has 0 aliphatic carbocycles. The van der Waals surface area contributed by atoms with Gasteiger partial charge in [-0.25, -0.2) is 0 Å². The number of hydrogen-bond donors (Lipinski definition) is 0. The summed E-state index contributed by atoms with van der Waals surface area (Å²) in [6.07, 6.45) is 0. The fraction of sp³-hybridized carbons (Fsp3) is 0.667. The highest BCUT2D eigenvalue weighted by molar-refractivity contribution is 7.65. The Morgan fingerprint density at radius 1 is 1.56 bits per heavy atom. The van der Waals surface area contributed by atoms with E-state index >= 15 is 0 Å². The molecule has 6 heteroatoms. The van der Waals surface area contributed by atoms with Crippen molar-refractivity contribution in [2.75, 3.05) is 0 Å². The summed E-state index contributed by atoms with van der Waals surface area (Å²) in [5.74, 6) is 0. The molecule has 2 nitrogen and oxygen atoms in total. The summed E-state index contributed by atoms with van der Waals surface area (Å²) >= 11 is 16.3. The number of ether oxygens (including phenoxy) is 1. The van der Waals surface area contributed by atoms with Gasteiger partial charge in [0.05, 0.1) is 0 Å². The van der Waals surface area contributed by atoms with Crippen LogP contribution in [0.1, 0.15) is 6.92 Å². The van der Waals surface area contributed by atoms with Gasteiger partial charge in [-0.3, -0.25) is 4.79 Å². The summed E-state index contributed by atoms with van der Waals surface area (Å²) in [5, 5.41) is 0. The molecule has 0 saturated carbocycles. The summed E-state index contributed by atoms with van der Waals surface area (Å²) in [4.78, 5) is 9.69. The van der Waals surface area contributed by atoms with Crippen molar-refractivity contribution >= 4 is 45.7 Å². The second kappa shape index (κ2) is 3.66. The first kappa shape index (κ1) is 9.56. The predicted octanol–water partition coefficient (Wildman–Crippen LogP) is 1.74. The number of carbonyl (C=O) groups is 1. The highest BCUT2D eigenvalue weighted by Crippen LogP contribution is 2.25. The normalized spacial score (nSPS) is 14.7. The Labute approximate surface area is 68.2 Å². The highest BCUT2D eigenvalue weighted by atomic mass is 35.8. The van der Waals surface area contributed by atoms with Gasteiger partial charge in [-0.2, -0.15) is 0 Å². The summed E-state index contributed by atoms with van der Waals surface area (Å²) in [7, 11) is 0. The summed E-state index contributed by atoms with van der Waals surface area (Å²) in [5.41, 5.74) is -0.569. The lowest BCUT2D eigenvalue weighted by atomic mass is 10.9. The minimum atomic E-state index is -2.82. The number of rotatable bonds is 3. The second-order valence-electron chi connectivity index (χ2n) is 1.42. The first-order chi connectivity index (χ1) is 3.98. The molecule has 0 amide bonds. The Bertz CT molecular complexity index is 102. The Kier molecular flexibility index (Phi) is 3.89. The Hall–Kier alpha value is 0.557. The lowest BCUT2D eigenvalue weighted by Gasteiger charge is -2.14. The Morgan fingerprint density at radius 2 is 2.00 bits per heavy atom. The molecule has 0 rings (SSSR count). The molecule has 0 aromatic heterocycles. The van der Waals surface area contributed by atoms with Crippen molar-refractivity contribution in [1.29, 1.82) is 0 Å². The zero-order chi connectivity index (χ0) is 7.49.